The second kappa shape index (κ2) is 4.67. The minimum absolute atomic E-state index is 0.0391. The predicted octanol–water partition coefficient (Wildman–Crippen LogP) is 2.50. The summed E-state index contributed by atoms with van der Waals surface area (Å²) in [7, 11) is 0. The Morgan fingerprint density at radius 2 is 2.06 bits per heavy atom. The standard InChI is InChI=1S/C13H15ClO3/c1-2-17-12(15)13(16,9-3-4-9)10-5-7-11(14)8-6-10/h5-9,16H,2-4H2,1H3. The first-order chi connectivity index (χ1) is 8.09. The van der Waals surface area contributed by atoms with Crippen LogP contribution in [0.5, 0.6) is 0 Å². The smallest absolute Gasteiger partial charge is 0.343 e. The van der Waals surface area contributed by atoms with Gasteiger partial charge in [-0.15, -0.1) is 0 Å². The summed E-state index contributed by atoms with van der Waals surface area (Å²) in [6.07, 6.45) is 1.69. The molecule has 0 aliphatic heterocycles. The molecule has 0 bridgehead atoms. The highest BCUT2D eigenvalue weighted by Crippen LogP contribution is 2.46. The second-order valence-corrected chi connectivity index (χ2v) is 4.70. The number of halogens is 1. The van der Waals surface area contributed by atoms with Crippen molar-refractivity contribution in [3.63, 3.8) is 0 Å². The molecule has 0 radical (unpaired) electrons. The molecule has 2 rings (SSSR count). The van der Waals surface area contributed by atoms with E-state index in [0.717, 1.165) is 12.8 Å². The van der Waals surface area contributed by atoms with Crippen molar-refractivity contribution in [2.75, 3.05) is 6.61 Å². The number of carbonyl (C=O) groups is 1. The van der Waals surface area contributed by atoms with Crippen molar-refractivity contribution in [1.29, 1.82) is 0 Å². The van der Waals surface area contributed by atoms with Gasteiger partial charge in [-0.25, -0.2) is 4.79 Å². The Morgan fingerprint density at radius 3 is 2.53 bits per heavy atom. The van der Waals surface area contributed by atoms with Crippen molar-refractivity contribution in [3.05, 3.63) is 34.9 Å². The van der Waals surface area contributed by atoms with Gasteiger partial charge in [0.25, 0.3) is 0 Å². The predicted molar refractivity (Wildman–Crippen MR) is 64.7 cm³/mol. The summed E-state index contributed by atoms with van der Waals surface area (Å²) in [5, 5.41) is 11.2. The monoisotopic (exact) mass is 254 g/mol. The third kappa shape index (κ3) is 2.31. The van der Waals surface area contributed by atoms with Gasteiger partial charge in [-0.1, -0.05) is 23.7 Å². The summed E-state index contributed by atoms with van der Waals surface area (Å²) in [6, 6.07) is 6.70. The molecular weight excluding hydrogens is 240 g/mol. The van der Waals surface area contributed by atoms with Crippen LogP contribution in [0, 0.1) is 5.92 Å². The van der Waals surface area contributed by atoms with Gasteiger partial charge in [-0.2, -0.15) is 0 Å². The molecule has 1 aliphatic rings. The largest absolute Gasteiger partial charge is 0.464 e. The van der Waals surface area contributed by atoms with Gasteiger partial charge in [0.1, 0.15) is 0 Å². The van der Waals surface area contributed by atoms with Crippen molar-refractivity contribution in [1.82, 2.24) is 0 Å². The first kappa shape index (κ1) is 12.4. The zero-order valence-electron chi connectivity index (χ0n) is 9.65. The molecule has 4 heteroatoms. The van der Waals surface area contributed by atoms with Crippen LogP contribution in [0.3, 0.4) is 0 Å². The third-order valence-corrected chi connectivity index (χ3v) is 3.29. The van der Waals surface area contributed by atoms with E-state index in [1.807, 2.05) is 0 Å². The maximum Gasteiger partial charge on any atom is 0.343 e. The van der Waals surface area contributed by atoms with Gasteiger partial charge in [0.15, 0.2) is 5.60 Å². The molecule has 1 N–H and O–H groups in total. The van der Waals surface area contributed by atoms with Crippen molar-refractivity contribution in [2.45, 2.75) is 25.4 Å². The number of carbonyl (C=O) groups excluding carboxylic acids is 1. The van der Waals surface area contributed by atoms with Gasteiger partial charge in [-0.05, 0) is 37.5 Å². The van der Waals surface area contributed by atoms with Crippen LogP contribution in [-0.4, -0.2) is 17.7 Å². The van der Waals surface area contributed by atoms with E-state index in [0.29, 0.717) is 10.6 Å². The number of benzene rings is 1. The highest BCUT2D eigenvalue weighted by molar-refractivity contribution is 6.30. The van der Waals surface area contributed by atoms with Gasteiger partial charge in [0.05, 0.1) is 6.61 Å². The van der Waals surface area contributed by atoms with Crippen LogP contribution in [0.25, 0.3) is 0 Å². The van der Waals surface area contributed by atoms with Crippen LogP contribution >= 0.6 is 11.6 Å². The first-order valence-corrected chi connectivity index (χ1v) is 6.12. The lowest BCUT2D eigenvalue weighted by Crippen LogP contribution is -2.39. The molecule has 1 fully saturated rings. The molecule has 1 saturated carbocycles. The lowest BCUT2D eigenvalue weighted by molar-refractivity contribution is -0.169. The molecule has 0 saturated heterocycles. The van der Waals surface area contributed by atoms with Crippen LogP contribution in [0.1, 0.15) is 25.3 Å². The molecule has 3 nitrogen and oxygen atoms in total. The molecule has 0 heterocycles. The Morgan fingerprint density at radius 1 is 1.47 bits per heavy atom. The average Bonchev–Trinajstić information content (AvgIpc) is 3.13. The number of aliphatic hydroxyl groups is 1. The molecule has 0 amide bonds. The Balaban J connectivity index is 2.33. The lowest BCUT2D eigenvalue weighted by atomic mass is 9.89. The minimum Gasteiger partial charge on any atom is -0.464 e. The molecule has 0 aromatic heterocycles. The zero-order chi connectivity index (χ0) is 12.5. The van der Waals surface area contributed by atoms with E-state index < -0.39 is 11.6 Å². The SMILES string of the molecule is CCOC(=O)C(O)(c1ccc(Cl)cc1)C1CC1. The number of hydrogen-bond acceptors (Lipinski definition) is 3. The Labute approximate surface area is 105 Å². The fourth-order valence-electron chi connectivity index (χ4n) is 1.97. The summed E-state index contributed by atoms with van der Waals surface area (Å²) in [4.78, 5) is 11.9. The van der Waals surface area contributed by atoms with Crippen molar-refractivity contribution in [3.8, 4) is 0 Å². The second-order valence-electron chi connectivity index (χ2n) is 4.27. The summed E-state index contributed by atoms with van der Waals surface area (Å²) in [5.74, 6) is -0.604. The average molecular weight is 255 g/mol. The van der Waals surface area contributed by atoms with E-state index in [-0.39, 0.29) is 12.5 Å². The minimum atomic E-state index is -1.51. The molecule has 92 valence electrons. The van der Waals surface area contributed by atoms with Gasteiger partial charge in [0, 0.05) is 10.9 Å². The third-order valence-electron chi connectivity index (χ3n) is 3.04. The van der Waals surface area contributed by atoms with Crippen molar-refractivity contribution >= 4 is 17.6 Å². The number of ether oxygens (including phenoxy) is 1. The molecular formula is C13H15ClO3. The van der Waals surface area contributed by atoms with E-state index in [1.54, 1.807) is 31.2 Å². The Bertz CT molecular complexity index is 411. The van der Waals surface area contributed by atoms with E-state index in [9.17, 15) is 9.90 Å². The molecule has 1 unspecified atom stereocenters. The normalized spacial score (nSPS) is 18.5. The van der Waals surface area contributed by atoms with Crippen molar-refractivity contribution in [2.24, 2.45) is 5.92 Å². The fourth-order valence-corrected chi connectivity index (χ4v) is 2.09. The lowest BCUT2D eigenvalue weighted by Gasteiger charge is -2.26. The van der Waals surface area contributed by atoms with Crippen LogP contribution < -0.4 is 0 Å². The number of rotatable bonds is 4. The van der Waals surface area contributed by atoms with Gasteiger partial charge in [0.2, 0.25) is 0 Å². The van der Waals surface area contributed by atoms with Crippen molar-refractivity contribution < 1.29 is 14.6 Å². The van der Waals surface area contributed by atoms with E-state index >= 15 is 0 Å². The number of esters is 1. The maximum atomic E-state index is 11.9. The molecule has 1 aromatic rings. The quantitative estimate of drug-likeness (QED) is 0.840. The topological polar surface area (TPSA) is 46.5 Å². The van der Waals surface area contributed by atoms with E-state index in [1.165, 1.54) is 0 Å². The first-order valence-electron chi connectivity index (χ1n) is 5.74. The van der Waals surface area contributed by atoms with E-state index in [4.69, 9.17) is 16.3 Å². The maximum absolute atomic E-state index is 11.9. The summed E-state index contributed by atoms with van der Waals surface area (Å²) >= 11 is 5.80. The molecule has 1 atom stereocenters. The van der Waals surface area contributed by atoms with Gasteiger partial charge < -0.3 is 9.84 Å². The number of hydrogen-bond donors (Lipinski definition) is 1. The van der Waals surface area contributed by atoms with Crippen LogP contribution in [0.4, 0.5) is 0 Å². The molecule has 1 aromatic carbocycles. The Kier molecular flexibility index (Phi) is 3.40. The van der Waals surface area contributed by atoms with Gasteiger partial charge >= 0.3 is 5.97 Å². The summed E-state index contributed by atoms with van der Waals surface area (Å²) < 4.78 is 4.97. The van der Waals surface area contributed by atoms with Crippen LogP contribution in [0.15, 0.2) is 24.3 Å². The summed E-state index contributed by atoms with van der Waals surface area (Å²) in [6.45, 7) is 1.99. The molecule has 0 spiro atoms. The highest BCUT2D eigenvalue weighted by Gasteiger charge is 2.52. The molecule has 1 aliphatic carbocycles. The summed E-state index contributed by atoms with van der Waals surface area (Å²) in [5.41, 5.74) is -0.955. The highest BCUT2D eigenvalue weighted by atomic mass is 35.5. The van der Waals surface area contributed by atoms with Gasteiger partial charge in [-0.3, -0.25) is 0 Å². The van der Waals surface area contributed by atoms with E-state index in [2.05, 4.69) is 0 Å². The fraction of sp³-hybridized carbons (Fsp3) is 0.462. The Hall–Kier alpha value is -1.06. The van der Waals surface area contributed by atoms with Crippen LogP contribution in [0.2, 0.25) is 5.02 Å². The zero-order valence-corrected chi connectivity index (χ0v) is 10.4. The molecule has 17 heavy (non-hydrogen) atoms. The van der Waals surface area contributed by atoms with Crippen LogP contribution in [-0.2, 0) is 15.1 Å².